The first-order chi connectivity index (χ1) is 8.06. The van der Waals surface area contributed by atoms with Crippen LogP contribution in [-0.4, -0.2) is 10.9 Å². The van der Waals surface area contributed by atoms with Crippen LogP contribution < -0.4 is 5.32 Å². The maximum absolute atomic E-state index is 10.9. The number of carbonyl (C=O) groups is 1. The number of hydrogen-bond donors (Lipinski definition) is 1. The second-order valence-electron chi connectivity index (χ2n) is 3.64. The summed E-state index contributed by atoms with van der Waals surface area (Å²) in [6.07, 6.45) is 0. The van der Waals surface area contributed by atoms with Gasteiger partial charge in [0.25, 0.3) is 0 Å². The summed E-state index contributed by atoms with van der Waals surface area (Å²) in [6.45, 7) is 3.34. The summed E-state index contributed by atoms with van der Waals surface area (Å²) in [6, 6.07) is 7.32. The fourth-order valence-electron chi connectivity index (χ4n) is 1.40. The molecule has 0 aliphatic carbocycles. The fourth-order valence-corrected chi connectivity index (χ4v) is 1.64. The van der Waals surface area contributed by atoms with Crippen molar-refractivity contribution in [2.45, 2.75) is 13.8 Å². The van der Waals surface area contributed by atoms with Gasteiger partial charge in [-0.25, -0.2) is 4.98 Å². The minimum absolute atomic E-state index is 0.0903. The fraction of sp³-hybridized carbons (Fsp3) is 0.167. The molecule has 1 amide bonds. The maximum atomic E-state index is 10.9. The van der Waals surface area contributed by atoms with Crippen LogP contribution in [0.3, 0.4) is 0 Å². The van der Waals surface area contributed by atoms with Crippen LogP contribution in [0, 0.1) is 6.92 Å². The number of hydrogen-bond acceptors (Lipinski definition) is 3. The number of oxazole rings is 1. The van der Waals surface area contributed by atoms with Gasteiger partial charge >= 0.3 is 0 Å². The summed E-state index contributed by atoms with van der Waals surface area (Å²) in [7, 11) is 0. The highest BCUT2D eigenvalue weighted by Gasteiger charge is 2.08. The number of nitrogens with zero attached hydrogens (tertiary/aromatic N) is 1. The Morgan fingerprint density at radius 3 is 2.47 bits per heavy atom. The van der Waals surface area contributed by atoms with Crippen molar-refractivity contribution in [2.24, 2.45) is 0 Å². The molecule has 0 aliphatic rings. The molecule has 1 heterocycles. The molecule has 2 aromatic rings. The normalized spacial score (nSPS) is 10.3. The number of amides is 1. The molecule has 0 saturated carbocycles. The highest BCUT2D eigenvalue weighted by Crippen LogP contribution is 2.26. The smallest absolute Gasteiger partial charge is 0.227 e. The lowest BCUT2D eigenvalue weighted by Gasteiger charge is -2.01. The Balaban J connectivity index is 2.26. The SMILES string of the molecule is CC(=O)Nc1ccc(-c2nc(C)c(Br)o2)cc1. The van der Waals surface area contributed by atoms with E-state index >= 15 is 0 Å². The summed E-state index contributed by atoms with van der Waals surface area (Å²) >= 11 is 3.27. The molecule has 0 spiro atoms. The van der Waals surface area contributed by atoms with Crippen LogP contribution in [0.2, 0.25) is 0 Å². The summed E-state index contributed by atoms with van der Waals surface area (Å²) in [5, 5.41) is 2.70. The monoisotopic (exact) mass is 294 g/mol. The molecule has 1 aromatic heterocycles. The van der Waals surface area contributed by atoms with Gasteiger partial charge in [-0.3, -0.25) is 4.79 Å². The van der Waals surface area contributed by atoms with Gasteiger partial charge in [0.1, 0.15) is 0 Å². The molecular formula is C12H11BrN2O2. The number of aromatic nitrogens is 1. The van der Waals surface area contributed by atoms with Gasteiger partial charge in [0.2, 0.25) is 11.8 Å². The highest BCUT2D eigenvalue weighted by atomic mass is 79.9. The molecule has 5 heteroatoms. The zero-order valence-corrected chi connectivity index (χ0v) is 11.0. The molecule has 1 aromatic carbocycles. The first-order valence-corrected chi connectivity index (χ1v) is 5.86. The third-order valence-corrected chi connectivity index (χ3v) is 2.93. The quantitative estimate of drug-likeness (QED) is 0.924. The first-order valence-electron chi connectivity index (χ1n) is 5.07. The number of anilines is 1. The van der Waals surface area contributed by atoms with E-state index in [4.69, 9.17) is 4.42 Å². The Bertz CT molecular complexity index is 527. The lowest BCUT2D eigenvalue weighted by atomic mass is 10.2. The molecular weight excluding hydrogens is 284 g/mol. The van der Waals surface area contributed by atoms with Crippen LogP contribution in [-0.2, 0) is 4.79 Å². The van der Waals surface area contributed by atoms with Crippen molar-refractivity contribution >= 4 is 27.5 Å². The Kier molecular flexibility index (Phi) is 3.28. The largest absolute Gasteiger partial charge is 0.429 e. The van der Waals surface area contributed by atoms with E-state index in [9.17, 15) is 4.79 Å². The van der Waals surface area contributed by atoms with E-state index in [0.29, 0.717) is 10.6 Å². The van der Waals surface area contributed by atoms with Crippen LogP contribution in [0.5, 0.6) is 0 Å². The molecule has 1 N–H and O–H groups in total. The number of benzene rings is 1. The lowest BCUT2D eigenvalue weighted by molar-refractivity contribution is -0.114. The number of halogens is 1. The molecule has 0 unspecified atom stereocenters. The number of carbonyl (C=O) groups excluding carboxylic acids is 1. The number of nitrogens with one attached hydrogen (secondary N) is 1. The Morgan fingerprint density at radius 2 is 2.00 bits per heavy atom. The van der Waals surface area contributed by atoms with Crippen molar-refractivity contribution in [1.29, 1.82) is 0 Å². The third kappa shape index (κ3) is 2.74. The Hall–Kier alpha value is -1.62. The molecule has 0 saturated heterocycles. The Labute approximate surface area is 107 Å². The average Bonchev–Trinajstić information content (AvgIpc) is 2.59. The lowest BCUT2D eigenvalue weighted by Crippen LogP contribution is -2.05. The van der Waals surface area contributed by atoms with Crippen molar-refractivity contribution in [3.05, 3.63) is 34.6 Å². The first kappa shape index (κ1) is 11.9. The van der Waals surface area contributed by atoms with Crippen molar-refractivity contribution < 1.29 is 9.21 Å². The third-order valence-electron chi connectivity index (χ3n) is 2.19. The zero-order valence-electron chi connectivity index (χ0n) is 9.45. The van der Waals surface area contributed by atoms with Gasteiger partial charge in [-0.1, -0.05) is 0 Å². The van der Waals surface area contributed by atoms with E-state index in [2.05, 4.69) is 26.2 Å². The number of aryl methyl sites for hydroxylation is 1. The van der Waals surface area contributed by atoms with Crippen LogP contribution in [0.15, 0.2) is 33.4 Å². The van der Waals surface area contributed by atoms with Crippen LogP contribution in [0.4, 0.5) is 5.69 Å². The molecule has 0 bridgehead atoms. The molecule has 0 radical (unpaired) electrons. The predicted molar refractivity (Wildman–Crippen MR) is 68.7 cm³/mol. The van der Waals surface area contributed by atoms with Crippen LogP contribution in [0.1, 0.15) is 12.6 Å². The van der Waals surface area contributed by atoms with Gasteiger partial charge in [0.15, 0.2) is 4.67 Å². The van der Waals surface area contributed by atoms with Gasteiger partial charge in [0, 0.05) is 18.2 Å². The second kappa shape index (κ2) is 4.71. The standard InChI is InChI=1S/C12H11BrN2O2/c1-7-11(13)17-12(14-7)9-3-5-10(6-4-9)15-8(2)16/h3-6H,1-2H3,(H,15,16). The summed E-state index contributed by atoms with van der Waals surface area (Å²) in [4.78, 5) is 15.1. The van der Waals surface area contributed by atoms with Gasteiger partial charge in [0.05, 0.1) is 5.69 Å². The van der Waals surface area contributed by atoms with E-state index in [1.807, 2.05) is 31.2 Å². The number of rotatable bonds is 2. The second-order valence-corrected chi connectivity index (χ2v) is 4.36. The van der Waals surface area contributed by atoms with Gasteiger partial charge in [-0.05, 0) is 47.1 Å². The molecule has 2 rings (SSSR count). The summed E-state index contributed by atoms with van der Waals surface area (Å²) in [5.41, 5.74) is 2.43. The molecule has 0 atom stereocenters. The van der Waals surface area contributed by atoms with Gasteiger partial charge in [-0.2, -0.15) is 0 Å². The van der Waals surface area contributed by atoms with E-state index in [-0.39, 0.29) is 5.91 Å². The van der Waals surface area contributed by atoms with Crippen molar-refractivity contribution in [3.8, 4) is 11.5 Å². The van der Waals surface area contributed by atoms with Crippen molar-refractivity contribution in [1.82, 2.24) is 4.98 Å². The van der Waals surface area contributed by atoms with Crippen molar-refractivity contribution in [3.63, 3.8) is 0 Å². The van der Waals surface area contributed by atoms with Crippen molar-refractivity contribution in [2.75, 3.05) is 5.32 Å². The van der Waals surface area contributed by atoms with Gasteiger partial charge < -0.3 is 9.73 Å². The van der Waals surface area contributed by atoms with Crippen LogP contribution >= 0.6 is 15.9 Å². The van der Waals surface area contributed by atoms with E-state index in [0.717, 1.165) is 16.9 Å². The van der Waals surface area contributed by atoms with E-state index < -0.39 is 0 Å². The maximum Gasteiger partial charge on any atom is 0.227 e. The predicted octanol–water partition coefficient (Wildman–Crippen LogP) is 3.37. The molecule has 4 nitrogen and oxygen atoms in total. The van der Waals surface area contributed by atoms with E-state index in [1.54, 1.807) is 0 Å². The summed E-state index contributed by atoms with van der Waals surface area (Å²) in [5.74, 6) is 0.469. The molecule has 0 aliphatic heterocycles. The minimum atomic E-state index is -0.0903. The van der Waals surface area contributed by atoms with Crippen LogP contribution in [0.25, 0.3) is 11.5 Å². The Morgan fingerprint density at radius 1 is 1.35 bits per heavy atom. The molecule has 0 fully saturated rings. The zero-order chi connectivity index (χ0) is 12.4. The molecule has 17 heavy (non-hydrogen) atoms. The average molecular weight is 295 g/mol. The minimum Gasteiger partial charge on any atom is -0.429 e. The van der Waals surface area contributed by atoms with Gasteiger partial charge in [-0.15, -0.1) is 0 Å². The molecule has 88 valence electrons. The van der Waals surface area contributed by atoms with E-state index in [1.165, 1.54) is 6.92 Å². The topological polar surface area (TPSA) is 55.1 Å². The highest BCUT2D eigenvalue weighted by molar-refractivity contribution is 9.10. The summed E-state index contributed by atoms with van der Waals surface area (Å²) < 4.78 is 6.08.